The lowest BCUT2D eigenvalue weighted by Crippen LogP contribution is -2.37. The zero-order valence-corrected chi connectivity index (χ0v) is 13.3. The number of likely N-dealkylation sites (tertiary alicyclic amines) is 1. The summed E-state index contributed by atoms with van der Waals surface area (Å²) in [5.41, 5.74) is 0. The van der Waals surface area contributed by atoms with Gasteiger partial charge in [0.05, 0.1) is 0 Å². The average Bonchev–Trinajstić information content (AvgIpc) is 2.75. The summed E-state index contributed by atoms with van der Waals surface area (Å²) in [5.74, 6) is 0.923. The fraction of sp³-hybridized carbons (Fsp3) is 0.824. The first-order chi connectivity index (χ1) is 10.1. The highest BCUT2D eigenvalue weighted by Crippen LogP contribution is 2.32. The van der Waals surface area contributed by atoms with Gasteiger partial charge in [-0.3, -0.25) is 19.3 Å². The van der Waals surface area contributed by atoms with E-state index in [2.05, 4.69) is 0 Å². The molecule has 1 unspecified atom stereocenters. The number of amides is 2. The molecule has 4 nitrogen and oxygen atoms in total. The Morgan fingerprint density at radius 1 is 1.14 bits per heavy atom. The van der Waals surface area contributed by atoms with Gasteiger partial charge in [0.25, 0.3) is 0 Å². The molecule has 0 bridgehead atoms. The van der Waals surface area contributed by atoms with Gasteiger partial charge in [-0.05, 0) is 38.0 Å². The molecule has 1 heterocycles. The molecule has 1 saturated heterocycles. The summed E-state index contributed by atoms with van der Waals surface area (Å²) in [7, 11) is 0. The van der Waals surface area contributed by atoms with Crippen LogP contribution in [0.2, 0.25) is 0 Å². The van der Waals surface area contributed by atoms with Gasteiger partial charge in [0.1, 0.15) is 5.78 Å². The van der Waals surface area contributed by atoms with Crippen molar-refractivity contribution in [2.45, 2.75) is 65.2 Å². The summed E-state index contributed by atoms with van der Waals surface area (Å²) >= 11 is 0. The Bertz CT molecular complexity index is 410. The predicted molar refractivity (Wildman–Crippen MR) is 80.5 cm³/mol. The van der Waals surface area contributed by atoms with Crippen LogP contribution in [0.15, 0.2) is 0 Å². The molecule has 118 valence electrons. The van der Waals surface area contributed by atoms with Gasteiger partial charge in [-0.1, -0.05) is 20.3 Å². The second-order valence-corrected chi connectivity index (χ2v) is 6.57. The van der Waals surface area contributed by atoms with Crippen molar-refractivity contribution in [1.82, 2.24) is 4.90 Å². The summed E-state index contributed by atoms with van der Waals surface area (Å²) in [5, 5.41) is 0. The Labute approximate surface area is 127 Å². The van der Waals surface area contributed by atoms with Gasteiger partial charge in [-0.15, -0.1) is 0 Å². The molecule has 0 radical (unpaired) electrons. The van der Waals surface area contributed by atoms with Gasteiger partial charge >= 0.3 is 0 Å². The van der Waals surface area contributed by atoms with Crippen LogP contribution in [0.1, 0.15) is 65.2 Å². The van der Waals surface area contributed by atoms with Crippen molar-refractivity contribution in [3.8, 4) is 0 Å². The number of nitrogens with zero attached hydrogens (tertiary/aromatic N) is 1. The van der Waals surface area contributed by atoms with Crippen LogP contribution in [0.4, 0.5) is 0 Å². The van der Waals surface area contributed by atoms with Crippen molar-refractivity contribution >= 4 is 17.6 Å². The zero-order valence-electron chi connectivity index (χ0n) is 13.3. The summed E-state index contributed by atoms with van der Waals surface area (Å²) in [6.07, 6.45) is 6.56. The fourth-order valence-electron chi connectivity index (χ4n) is 3.73. The molecule has 21 heavy (non-hydrogen) atoms. The molecule has 0 aromatic rings. The van der Waals surface area contributed by atoms with E-state index in [1.54, 1.807) is 0 Å². The maximum atomic E-state index is 12.2. The minimum Gasteiger partial charge on any atom is -0.299 e. The molecule has 1 atom stereocenters. The van der Waals surface area contributed by atoms with Crippen LogP contribution in [0.3, 0.4) is 0 Å². The molecule has 0 aromatic carbocycles. The van der Waals surface area contributed by atoms with Crippen LogP contribution in [0, 0.1) is 17.8 Å². The first-order valence-corrected chi connectivity index (χ1v) is 8.43. The number of Topliss-reactive ketones (excluding diaryl/α,β-unsaturated/α-hetero) is 1. The van der Waals surface area contributed by atoms with Gasteiger partial charge in [-0.25, -0.2) is 0 Å². The summed E-state index contributed by atoms with van der Waals surface area (Å²) in [4.78, 5) is 37.5. The lowest BCUT2D eigenvalue weighted by molar-refractivity contribution is -0.140. The molecule has 2 rings (SSSR count). The van der Waals surface area contributed by atoms with Crippen LogP contribution in [-0.2, 0) is 14.4 Å². The number of imide groups is 1. The molecule has 4 heteroatoms. The molecular formula is C17H27NO3. The number of rotatable bonds is 6. The predicted octanol–water partition coefficient (Wildman–Crippen LogP) is 2.95. The van der Waals surface area contributed by atoms with Crippen molar-refractivity contribution < 1.29 is 14.4 Å². The maximum Gasteiger partial charge on any atom is 0.232 e. The van der Waals surface area contributed by atoms with Crippen molar-refractivity contribution in [2.24, 2.45) is 17.8 Å². The SMILES string of the molecule is CCCC1CC(=O)N(CC2CCC(C(=O)CC)CC2)C1=O. The van der Waals surface area contributed by atoms with Crippen molar-refractivity contribution in [3.05, 3.63) is 0 Å². The van der Waals surface area contributed by atoms with Gasteiger partial charge in [0, 0.05) is 31.2 Å². The standard InChI is InChI=1S/C17H27NO3/c1-3-5-14-10-16(20)18(17(14)21)11-12-6-8-13(9-7-12)15(19)4-2/h12-14H,3-11H2,1-2H3. The lowest BCUT2D eigenvalue weighted by atomic mass is 9.79. The first kappa shape index (κ1) is 16.2. The highest BCUT2D eigenvalue weighted by molar-refractivity contribution is 6.03. The minimum atomic E-state index is -0.0829. The van der Waals surface area contributed by atoms with Crippen molar-refractivity contribution in [1.29, 1.82) is 0 Å². The van der Waals surface area contributed by atoms with E-state index < -0.39 is 0 Å². The Hall–Kier alpha value is -1.19. The third-order valence-corrected chi connectivity index (χ3v) is 5.07. The van der Waals surface area contributed by atoms with Crippen LogP contribution >= 0.6 is 0 Å². The molecule has 0 N–H and O–H groups in total. The molecule has 0 aromatic heterocycles. The molecule has 2 fully saturated rings. The zero-order chi connectivity index (χ0) is 15.4. The van der Waals surface area contributed by atoms with E-state index in [1.807, 2.05) is 13.8 Å². The quantitative estimate of drug-likeness (QED) is 0.707. The van der Waals surface area contributed by atoms with Crippen LogP contribution in [0.25, 0.3) is 0 Å². The highest BCUT2D eigenvalue weighted by atomic mass is 16.2. The smallest absolute Gasteiger partial charge is 0.232 e. The Kier molecular flexibility index (Phi) is 5.54. The molecule has 1 aliphatic heterocycles. The Morgan fingerprint density at radius 3 is 2.38 bits per heavy atom. The number of hydrogen-bond donors (Lipinski definition) is 0. The minimum absolute atomic E-state index is 0.00482. The second kappa shape index (κ2) is 7.19. The molecular weight excluding hydrogens is 266 g/mol. The van der Waals surface area contributed by atoms with Gasteiger partial charge in [-0.2, -0.15) is 0 Å². The highest BCUT2D eigenvalue weighted by Gasteiger charge is 2.39. The van der Waals surface area contributed by atoms with Crippen molar-refractivity contribution in [2.75, 3.05) is 6.54 Å². The van der Waals surface area contributed by atoms with Crippen LogP contribution in [0.5, 0.6) is 0 Å². The largest absolute Gasteiger partial charge is 0.299 e. The summed E-state index contributed by atoms with van der Waals surface area (Å²) < 4.78 is 0. The Balaban J connectivity index is 1.85. The summed E-state index contributed by atoms with van der Waals surface area (Å²) in [6.45, 7) is 4.54. The molecule has 2 aliphatic rings. The van der Waals surface area contributed by atoms with Gasteiger partial charge in [0.2, 0.25) is 11.8 Å². The first-order valence-electron chi connectivity index (χ1n) is 8.43. The number of hydrogen-bond acceptors (Lipinski definition) is 3. The van der Waals surface area contributed by atoms with Crippen molar-refractivity contribution in [3.63, 3.8) is 0 Å². The number of carbonyl (C=O) groups excluding carboxylic acids is 3. The summed E-state index contributed by atoms with van der Waals surface area (Å²) in [6, 6.07) is 0. The van der Waals surface area contributed by atoms with E-state index in [4.69, 9.17) is 0 Å². The molecule has 2 amide bonds. The van der Waals surface area contributed by atoms with Gasteiger partial charge in [0.15, 0.2) is 0 Å². The van der Waals surface area contributed by atoms with E-state index in [0.29, 0.717) is 31.1 Å². The van der Waals surface area contributed by atoms with E-state index in [0.717, 1.165) is 38.5 Å². The van der Waals surface area contributed by atoms with E-state index in [1.165, 1.54) is 4.90 Å². The van der Waals surface area contributed by atoms with E-state index in [9.17, 15) is 14.4 Å². The Morgan fingerprint density at radius 2 is 1.81 bits per heavy atom. The molecule has 1 saturated carbocycles. The van der Waals surface area contributed by atoms with E-state index >= 15 is 0 Å². The van der Waals surface area contributed by atoms with Crippen LogP contribution in [-0.4, -0.2) is 29.0 Å². The fourth-order valence-corrected chi connectivity index (χ4v) is 3.73. The third-order valence-electron chi connectivity index (χ3n) is 5.07. The van der Waals surface area contributed by atoms with E-state index in [-0.39, 0.29) is 23.7 Å². The third kappa shape index (κ3) is 3.72. The van der Waals surface area contributed by atoms with Gasteiger partial charge < -0.3 is 0 Å². The normalized spacial score (nSPS) is 30.0. The average molecular weight is 293 g/mol. The lowest BCUT2D eigenvalue weighted by Gasteiger charge is -2.30. The maximum absolute atomic E-state index is 12.2. The molecule has 0 spiro atoms. The number of carbonyl (C=O) groups is 3. The molecule has 1 aliphatic carbocycles. The monoisotopic (exact) mass is 293 g/mol. The van der Waals surface area contributed by atoms with Crippen LogP contribution < -0.4 is 0 Å². The second-order valence-electron chi connectivity index (χ2n) is 6.57. The number of ketones is 1. The topological polar surface area (TPSA) is 54.5 Å².